The van der Waals surface area contributed by atoms with Crippen molar-refractivity contribution in [2.75, 3.05) is 37.7 Å². The highest BCUT2D eigenvalue weighted by Crippen LogP contribution is 2.37. The smallest absolute Gasteiger partial charge is 0.257 e. The summed E-state index contributed by atoms with van der Waals surface area (Å²) in [7, 11) is 0. The molecule has 1 saturated carbocycles. The first kappa shape index (κ1) is 16.7. The van der Waals surface area contributed by atoms with Crippen LogP contribution in [-0.4, -0.2) is 58.6 Å². The number of carbonyl (C=O) groups is 1. The molecule has 2 aromatic rings. The molecule has 2 aliphatic heterocycles. The minimum Gasteiger partial charge on any atom is -0.445 e. The number of anilines is 1. The van der Waals surface area contributed by atoms with Crippen LogP contribution in [0.2, 0.25) is 0 Å². The predicted octanol–water partition coefficient (Wildman–Crippen LogP) is 1.77. The third-order valence-corrected chi connectivity index (χ3v) is 5.66. The summed E-state index contributed by atoms with van der Waals surface area (Å²) in [4.78, 5) is 30.2. The Bertz CT molecular complexity index is 824. The van der Waals surface area contributed by atoms with Crippen molar-refractivity contribution in [3.05, 3.63) is 35.3 Å². The Morgan fingerprint density at radius 3 is 2.59 bits per heavy atom. The molecule has 1 saturated heterocycles. The molecule has 142 valence electrons. The summed E-state index contributed by atoms with van der Waals surface area (Å²) < 4.78 is 11.3. The van der Waals surface area contributed by atoms with Crippen molar-refractivity contribution in [3.63, 3.8) is 0 Å². The van der Waals surface area contributed by atoms with Gasteiger partial charge < -0.3 is 19.0 Å². The van der Waals surface area contributed by atoms with Crippen molar-refractivity contribution in [2.45, 2.75) is 38.1 Å². The zero-order valence-electron chi connectivity index (χ0n) is 15.3. The Balaban J connectivity index is 1.27. The molecule has 0 atom stereocenters. The summed E-state index contributed by atoms with van der Waals surface area (Å²) in [5, 5.41) is 0. The molecule has 5 rings (SSSR count). The predicted molar refractivity (Wildman–Crippen MR) is 96.6 cm³/mol. The maximum absolute atomic E-state index is 12.9. The standard InChI is InChI=1S/C19H23N5O3/c25-18(14-10-20-19(21-11-14)23-6-8-26-9-7-23)24-5-4-16-15(12-24)22-17(27-16)13-2-1-3-13/h10-11,13H,1-9,12H2. The number of hydrogen-bond acceptors (Lipinski definition) is 7. The van der Waals surface area contributed by atoms with Crippen LogP contribution in [0.15, 0.2) is 16.8 Å². The second-order valence-electron chi connectivity index (χ2n) is 7.40. The fraction of sp³-hybridized carbons (Fsp3) is 0.579. The topological polar surface area (TPSA) is 84.6 Å². The second-order valence-corrected chi connectivity index (χ2v) is 7.40. The fourth-order valence-electron chi connectivity index (χ4n) is 3.76. The Morgan fingerprint density at radius 2 is 1.89 bits per heavy atom. The molecular weight excluding hydrogens is 346 g/mol. The molecule has 0 N–H and O–H groups in total. The van der Waals surface area contributed by atoms with Crippen LogP contribution in [0.1, 0.15) is 52.9 Å². The number of carbonyl (C=O) groups excluding carboxylic acids is 1. The first-order valence-corrected chi connectivity index (χ1v) is 9.70. The zero-order valence-corrected chi connectivity index (χ0v) is 15.3. The Kier molecular flexibility index (Phi) is 4.27. The first-order valence-electron chi connectivity index (χ1n) is 9.70. The van der Waals surface area contributed by atoms with E-state index in [4.69, 9.17) is 9.15 Å². The molecule has 3 aliphatic rings. The lowest BCUT2D eigenvalue weighted by Gasteiger charge is -2.27. The molecule has 0 bridgehead atoms. The van der Waals surface area contributed by atoms with Crippen LogP contribution >= 0.6 is 0 Å². The summed E-state index contributed by atoms with van der Waals surface area (Å²) >= 11 is 0. The number of aromatic nitrogens is 3. The van der Waals surface area contributed by atoms with Crippen LogP contribution in [0.3, 0.4) is 0 Å². The molecule has 2 aromatic heterocycles. The summed E-state index contributed by atoms with van der Waals surface area (Å²) in [6, 6.07) is 0. The highest BCUT2D eigenvalue weighted by atomic mass is 16.5. The zero-order chi connectivity index (χ0) is 18.2. The van der Waals surface area contributed by atoms with Gasteiger partial charge in [-0.15, -0.1) is 0 Å². The van der Waals surface area contributed by atoms with Gasteiger partial charge in [-0.25, -0.2) is 15.0 Å². The van der Waals surface area contributed by atoms with Crippen LogP contribution < -0.4 is 4.90 Å². The maximum Gasteiger partial charge on any atom is 0.257 e. The number of rotatable bonds is 3. The van der Waals surface area contributed by atoms with E-state index >= 15 is 0 Å². The molecule has 1 aliphatic carbocycles. The van der Waals surface area contributed by atoms with Gasteiger partial charge in [0.15, 0.2) is 5.89 Å². The number of oxazole rings is 1. The largest absolute Gasteiger partial charge is 0.445 e. The van der Waals surface area contributed by atoms with Crippen LogP contribution in [0.25, 0.3) is 0 Å². The monoisotopic (exact) mass is 369 g/mol. The number of nitrogens with zero attached hydrogens (tertiary/aromatic N) is 5. The van der Waals surface area contributed by atoms with Crippen molar-refractivity contribution in [1.82, 2.24) is 19.9 Å². The number of morpholine rings is 1. The molecule has 8 nitrogen and oxygen atoms in total. The van der Waals surface area contributed by atoms with E-state index in [1.54, 1.807) is 12.4 Å². The van der Waals surface area contributed by atoms with Crippen LogP contribution in [0, 0.1) is 0 Å². The van der Waals surface area contributed by atoms with E-state index in [9.17, 15) is 4.79 Å². The van der Waals surface area contributed by atoms with Crippen molar-refractivity contribution < 1.29 is 13.9 Å². The summed E-state index contributed by atoms with van der Waals surface area (Å²) in [5.74, 6) is 2.87. The van der Waals surface area contributed by atoms with Gasteiger partial charge in [0.05, 0.1) is 25.3 Å². The molecule has 2 fully saturated rings. The van der Waals surface area contributed by atoms with E-state index in [1.165, 1.54) is 6.42 Å². The quantitative estimate of drug-likeness (QED) is 0.815. The average molecular weight is 369 g/mol. The van der Waals surface area contributed by atoms with Crippen molar-refractivity contribution in [2.24, 2.45) is 0 Å². The molecule has 0 aromatic carbocycles. The van der Waals surface area contributed by atoms with Crippen LogP contribution in [0.4, 0.5) is 5.95 Å². The molecule has 4 heterocycles. The minimum absolute atomic E-state index is 0.0534. The lowest BCUT2D eigenvalue weighted by atomic mass is 9.85. The SMILES string of the molecule is O=C(c1cnc(N2CCOCC2)nc1)N1CCc2oc(C3CCC3)nc2C1. The molecule has 0 spiro atoms. The highest BCUT2D eigenvalue weighted by Gasteiger charge is 2.30. The second kappa shape index (κ2) is 6.92. The van der Waals surface area contributed by atoms with Gasteiger partial charge in [0.25, 0.3) is 5.91 Å². The Morgan fingerprint density at radius 1 is 1.11 bits per heavy atom. The van der Waals surface area contributed by atoms with E-state index in [0.717, 1.165) is 43.3 Å². The van der Waals surface area contributed by atoms with Gasteiger partial charge in [-0.3, -0.25) is 4.79 Å². The van der Waals surface area contributed by atoms with Crippen LogP contribution in [-0.2, 0) is 17.7 Å². The van der Waals surface area contributed by atoms with E-state index in [-0.39, 0.29) is 5.91 Å². The average Bonchev–Trinajstić information content (AvgIpc) is 3.09. The van der Waals surface area contributed by atoms with Gasteiger partial charge in [0.2, 0.25) is 5.95 Å². The summed E-state index contributed by atoms with van der Waals surface area (Å²) in [5.41, 5.74) is 1.42. The van der Waals surface area contributed by atoms with Crippen molar-refractivity contribution in [3.8, 4) is 0 Å². The van der Waals surface area contributed by atoms with Gasteiger partial charge in [0, 0.05) is 44.4 Å². The molecular formula is C19H23N5O3. The third kappa shape index (κ3) is 3.18. The Labute approximate surface area is 157 Å². The molecule has 8 heteroatoms. The molecule has 0 radical (unpaired) electrons. The van der Waals surface area contributed by atoms with E-state index in [1.807, 2.05) is 4.90 Å². The number of ether oxygens (including phenoxy) is 1. The third-order valence-electron chi connectivity index (χ3n) is 5.66. The van der Waals surface area contributed by atoms with E-state index in [2.05, 4.69) is 19.9 Å². The lowest BCUT2D eigenvalue weighted by Crippen LogP contribution is -2.38. The lowest BCUT2D eigenvalue weighted by molar-refractivity contribution is 0.0727. The number of fused-ring (bicyclic) bond motifs is 1. The van der Waals surface area contributed by atoms with Gasteiger partial charge in [-0.2, -0.15) is 0 Å². The van der Waals surface area contributed by atoms with Crippen molar-refractivity contribution >= 4 is 11.9 Å². The highest BCUT2D eigenvalue weighted by molar-refractivity contribution is 5.93. The van der Waals surface area contributed by atoms with Crippen LogP contribution in [0.5, 0.6) is 0 Å². The fourth-order valence-corrected chi connectivity index (χ4v) is 3.76. The minimum atomic E-state index is -0.0534. The Hall–Kier alpha value is -2.48. The summed E-state index contributed by atoms with van der Waals surface area (Å²) in [6.07, 6.45) is 7.54. The van der Waals surface area contributed by atoms with Crippen molar-refractivity contribution in [1.29, 1.82) is 0 Å². The molecule has 0 unspecified atom stereocenters. The first-order chi connectivity index (χ1) is 13.3. The number of hydrogen-bond donors (Lipinski definition) is 0. The maximum atomic E-state index is 12.9. The van der Waals surface area contributed by atoms with Gasteiger partial charge >= 0.3 is 0 Å². The van der Waals surface area contributed by atoms with Gasteiger partial charge in [-0.05, 0) is 12.8 Å². The van der Waals surface area contributed by atoms with Gasteiger partial charge in [0.1, 0.15) is 11.5 Å². The normalized spacial score (nSPS) is 20.3. The van der Waals surface area contributed by atoms with Gasteiger partial charge in [-0.1, -0.05) is 6.42 Å². The molecule has 27 heavy (non-hydrogen) atoms. The van der Waals surface area contributed by atoms with E-state index < -0.39 is 0 Å². The number of amides is 1. The summed E-state index contributed by atoms with van der Waals surface area (Å²) in [6.45, 7) is 4.04. The van der Waals surface area contributed by atoms with E-state index in [0.29, 0.717) is 50.2 Å². The molecule has 1 amide bonds.